The monoisotopic (exact) mass is 409 g/mol. The fraction of sp³-hybridized carbons (Fsp3) is 0.227. The van der Waals surface area contributed by atoms with E-state index in [0.717, 1.165) is 10.8 Å². The number of nitrogens with zero attached hydrogens (tertiary/aromatic N) is 1. The number of carbonyl (C=O) groups excluding carboxylic acids is 2. The fourth-order valence-corrected chi connectivity index (χ4v) is 3.57. The number of hydrogen-bond acceptors (Lipinski definition) is 5. The topological polar surface area (TPSA) is 80.3 Å². The summed E-state index contributed by atoms with van der Waals surface area (Å²) in [5.74, 6) is 0.425. The minimum absolute atomic E-state index is 0.141. The van der Waals surface area contributed by atoms with E-state index >= 15 is 0 Å². The Balaban J connectivity index is 1.63. The van der Waals surface area contributed by atoms with Crippen molar-refractivity contribution < 1.29 is 14.3 Å². The van der Waals surface area contributed by atoms with Gasteiger partial charge in [-0.1, -0.05) is 6.07 Å². The summed E-state index contributed by atoms with van der Waals surface area (Å²) in [6, 6.07) is 12.9. The average Bonchev–Trinajstić information content (AvgIpc) is 3.05. The summed E-state index contributed by atoms with van der Waals surface area (Å²) in [7, 11) is 0. The molecule has 0 aliphatic carbocycles. The zero-order valence-corrected chi connectivity index (χ0v) is 17.6. The largest absolute Gasteiger partial charge is 0.486 e. The van der Waals surface area contributed by atoms with Crippen LogP contribution in [0, 0.1) is 20.8 Å². The summed E-state index contributed by atoms with van der Waals surface area (Å²) < 4.78 is 5.82. The Morgan fingerprint density at radius 1 is 0.966 bits per heavy atom. The first-order valence-electron chi connectivity index (χ1n) is 9.17. The second-order valence-corrected chi connectivity index (χ2v) is 7.85. The van der Waals surface area contributed by atoms with E-state index in [1.165, 1.54) is 29.4 Å². The lowest BCUT2D eigenvalue weighted by Crippen LogP contribution is -2.11. The van der Waals surface area contributed by atoms with Gasteiger partial charge in [-0.05, 0) is 68.3 Å². The van der Waals surface area contributed by atoms with Gasteiger partial charge in [-0.25, -0.2) is 4.98 Å². The van der Waals surface area contributed by atoms with Crippen molar-refractivity contribution in [3.8, 4) is 5.75 Å². The maximum absolute atomic E-state index is 12.6. The zero-order valence-electron chi connectivity index (χ0n) is 16.8. The predicted molar refractivity (Wildman–Crippen MR) is 116 cm³/mol. The van der Waals surface area contributed by atoms with Crippen LogP contribution in [0.1, 0.15) is 38.4 Å². The normalized spacial score (nSPS) is 10.5. The van der Waals surface area contributed by atoms with Gasteiger partial charge in [0.15, 0.2) is 0 Å². The lowest BCUT2D eigenvalue weighted by atomic mass is 10.1. The van der Waals surface area contributed by atoms with Crippen LogP contribution in [0.3, 0.4) is 0 Å². The second-order valence-electron chi connectivity index (χ2n) is 6.77. The van der Waals surface area contributed by atoms with Crippen molar-refractivity contribution in [3.05, 3.63) is 69.2 Å². The van der Waals surface area contributed by atoms with E-state index in [4.69, 9.17) is 4.74 Å². The van der Waals surface area contributed by atoms with Crippen LogP contribution >= 0.6 is 11.3 Å². The summed E-state index contributed by atoms with van der Waals surface area (Å²) in [5, 5.41) is 6.29. The van der Waals surface area contributed by atoms with E-state index in [-0.39, 0.29) is 11.8 Å². The molecule has 2 amide bonds. The maximum atomic E-state index is 12.6. The number of thiazole rings is 1. The average molecular weight is 410 g/mol. The Labute approximate surface area is 173 Å². The van der Waals surface area contributed by atoms with Crippen molar-refractivity contribution in [2.45, 2.75) is 34.3 Å². The third-order valence-corrected chi connectivity index (χ3v) is 5.48. The summed E-state index contributed by atoms with van der Waals surface area (Å²) in [4.78, 5) is 28.7. The fourth-order valence-electron chi connectivity index (χ4n) is 2.70. The van der Waals surface area contributed by atoms with Crippen LogP contribution in [0.5, 0.6) is 5.75 Å². The van der Waals surface area contributed by atoms with Crippen molar-refractivity contribution in [2.75, 3.05) is 10.6 Å². The van der Waals surface area contributed by atoms with Gasteiger partial charge in [0.1, 0.15) is 22.2 Å². The quantitative estimate of drug-likeness (QED) is 0.609. The first-order valence-corrected chi connectivity index (χ1v) is 9.99. The SMILES string of the molecule is CC(=O)Nc1ccc(NC(=O)c2sc(COc3ccc(C)c(C)c3)nc2C)cc1. The molecule has 1 heterocycles. The molecule has 0 atom stereocenters. The standard InChI is InChI=1S/C22H23N3O3S/c1-13-5-10-19(11-14(13)2)28-12-20-23-15(3)21(29-20)22(27)25-18-8-6-17(7-9-18)24-16(4)26/h5-11H,12H2,1-4H3,(H,24,26)(H,25,27). The molecular weight excluding hydrogens is 386 g/mol. The van der Waals surface area contributed by atoms with E-state index in [2.05, 4.69) is 22.5 Å². The highest BCUT2D eigenvalue weighted by atomic mass is 32.1. The third kappa shape index (κ3) is 5.42. The molecule has 0 bridgehead atoms. The Kier molecular flexibility index (Phi) is 6.29. The summed E-state index contributed by atoms with van der Waals surface area (Å²) in [6.07, 6.45) is 0. The number of anilines is 2. The molecule has 0 spiro atoms. The number of carbonyl (C=O) groups is 2. The van der Waals surface area contributed by atoms with E-state index < -0.39 is 0 Å². The first kappa shape index (κ1) is 20.5. The van der Waals surface area contributed by atoms with Gasteiger partial charge in [-0.3, -0.25) is 9.59 Å². The summed E-state index contributed by atoms with van der Waals surface area (Å²) >= 11 is 1.32. The van der Waals surface area contributed by atoms with Crippen LogP contribution in [-0.4, -0.2) is 16.8 Å². The van der Waals surface area contributed by atoms with Crippen molar-refractivity contribution in [1.29, 1.82) is 0 Å². The molecule has 29 heavy (non-hydrogen) atoms. The number of benzene rings is 2. The van der Waals surface area contributed by atoms with Crippen LogP contribution < -0.4 is 15.4 Å². The highest BCUT2D eigenvalue weighted by molar-refractivity contribution is 7.13. The van der Waals surface area contributed by atoms with Gasteiger partial charge in [0.2, 0.25) is 5.91 Å². The zero-order chi connectivity index (χ0) is 21.0. The highest BCUT2D eigenvalue weighted by Gasteiger charge is 2.16. The van der Waals surface area contributed by atoms with Crippen LogP contribution in [0.15, 0.2) is 42.5 Å². The van der Waals surface area contributed by atoms with Gasteiger partial charge in [-0.2, -0.15) is 0 Å². The van der Waals surface area contributed by atoms with E-state index in [1.807, 2.05) is 32.0 Å². The number of aryl methyl sites for hydroxylation is 3. The van der Waals surface area contributed by atoms with Gasteiger partial charge < -0.3 is 15.4 Å². The highest BCUT2D eigenvalue weighted by Crippen LogP contribution is 2.23. The lowest BCUT2D eigenvalue weighted by Gasteiger charge is -2.07. The molecule has 0 aliphatic heterocycles. The van der Waals surface area contributed by atoms with E-state index in [1.54, 1.807) is 24.3 Å². The molecule has 2 N–H and O–H groups in total. The third-order valence-electron chi connectivity index (χ3n) is 4.35. The molecule has 6 nitrogen and oxygen atoms in total. The number of hydrogen-bond donors (Lipinski definition) is 2. The van der Waals surface area contributed by atoms with Crippen molar-refractivity contribution in [3.63, 3.8) is 0 Å². The molecule has 0 aliphatic rings. The number of rotatable bonds is 6. The van der Waals surface area contributed by atoms with Crippen LogP contribution in [0.25, 0.3) is 0 Å². The Morgan fingerprint density at radius 2 is 1.62 bits per heavy atom. The predicted octanol–water partition coefficient (Wildman–Crippen LogP) is 4.86. The summed E-state index contributed by atoms with van der Waals surface area (Å²) in [5.41, 5.74) is 4.37. The number of nitrogens with one attached hydrogen (secondary N) is 2. The molecule has 3 rings (SSSR count). The summed E-state index contributed by atoms with van der Waals surface area (Å²) in [6.45, 7) is 7.67. The lowest BCUT2D eigenvalue weighted by molar-refractivity contribution is -0.114. The van der Waals surface area contributed by atoms with E-state index in [9.17, 15) is 9.59 Å². The molecule has 2 aromatic carbocycles. The molecule has 0 fully saturated rings. The number of aromatic nitrogens is 1. The maximum Gasteiger partial charge on any atom is 0.267 e. The second kappa shape index (κ2) is 8.87. The van der Waals surface area contributed by atoms with Crippen LogP contribution in [-0.2, 0) is 11.4 Å². The molecule has 0 saturated heterocycles. The van der Waals surface area contributed by atoms with Crippen LogP contribution in [0.2, 0.25) is 0 Å². The van der Waals surface area contributed by atoms with Gasteiger partial charge in [0.05, 0.1) is 5.69 Å². The molecule has 7 heteroatoms. The molecular formula is C22H23N3O3S. The molecule has 150 valence electrons. The number of ether oxygens (including phenoxy) is 1. The van der Waals surface area contributed by atoms with Crippen LogP contribution in [0.4, 0.5) is 11.4 Å². The minimum atomic E-state index is -0.218. The van der Waals surface area contributed by atoms with Gasteiger partial charge in [0.25, 0.3) is 5.91 Å². The smallest absolute Gasteiger partial charge is 0.267 e. The van der Waals surface area contributed by atoms with Gasteiger partial charge in [-0.15, -0.1) is 11.3 Å². The number of amides is 2. The van der Waals surface area contributed by atoms with Gasteiger partial charge >= 0.3 is 0 Å². The van der Waals surface area contributed by atoms with Crippen molar-refractivity contribution >= 4 is 34.5 Å². The Morgan fingerprint density at radius 3 is 2.24 bits per heavy atom. The molecule has 0 unspecified atom stereocenters. The minimum Gasteiger partial charge on any atom is -0.486 e. The molecule has 1 aromatic heterocycles. The van der Waals surface area contributed by atoms with Crippen molar-refractivity contribution in [1.82, 2.24) is 4.98 Å². The van der Waals surface area contributed by atoms with Crippen molar-refractivity contribution in [2.24, 2.45) is 0 Å². The Bertz CT molecular complexity index is 1040. The Hall–Kier alpha value is -3.19. The first-order chi connectivity index (χ1) is 13.8. The van der Waals surface area contributed by atoms with Gasteiger partial charge in [0, 0.05) is 18.3 Å². The van der Waals surface area contributed by atoms with E-state index in [0.29, 0.717) is 28.6 Å². The molecule has 0 radical (unpaired) electrons. The molecule has 0 saturated carbocycles. The molecule has 3 aromatic rings.